The number of anilines is 3. The van der Waals surface area contributed by atoms with E-state index in [2.05, 4.69) is 16.0 Å². The van der Waals surface area contributed by atoms with Crippen molar-refractivity contribution in [3.8, 4) is 11.5 Å². The van der Waals surface area contributed by atoms with Gasteiger partial charge in [-0.2, -0.15) is 0 Å². The van der Waals surface area contributed by atoms with E-state index in [4.69, 9.17) is 21.1 Å². The van der Waals surface area contributed by atoms with Crippen molar-refractivity contribution in [2.75, 3.05) is 29.2 Å². The maximum absolute atomic E-state index is 12.3. The summed E-state index contributed by atoms with van der Waals surface area (Å²) in [5, 5.41) is 9.48. The molecule has 36 heavy (non-hydrogen) atoms. The van der Waals surface area contributed by atoms with Gasteiger partial charge in [0.1, 0.15) is 0 Å². The molecule has 0 saturated carbocycles. The highest BCUT2D eigenvalue weighted by Crippen LogP contribution is 2.34. The lowest BCUT2D eigenvalue weighted by Gasteiger charge is -2.16. The van der Waals surface area contributed by atoms with Gasteiger partial charge in [-0.05, 0) is 61.9 Å². The van der Waals surface area contributed by atoms with Crippen LogP contribution in [0.5, 0.6) is 11.5 Å². The minimum Gasteiger partial charge on any atom is -0.490 e. The maximum atomic E-state index is 12.3. The molecule has 0 aliphatic heterocycles. The monoisotopic (exact) mass is 509 g/mol. The van der Waals surface area contributed by atoms with E-state index in [1.165, 1.54) is 0 Å². The first-order chi connectivity index (χ1) is 17.2. The van der Waals surface area contributed by atoms with Gasteiger partial charge in [-0.15, -0.1) is 0 Å². The predicted molar refractivity (Wildman–Crippen MR) is 145 cm³/mol. The second-order valence-corrected chi connectivity index (χ2v) is 9.01. The largest absolute Gasteiger partial charge is 0.490 e. The first-order valence-electron chi connectivity index (χ1n) is 11.8. The van der Waals surface area contributed by atoms with Crippen molar-refractivity contribution >= 4 is 40.5 Å². The van der Waals surface area contributed by atoms with Crippen LogP contribution in [-0.2, 0) is 16.1 Å². The zero-order valence-electron chi connectivity index (χ0n) is 21.0. The number of amides is 2. The molecule has 7 nitrogen and oxygen atoms in total. The van der Waals surface area contributed by atoms with E-state index in [1.807, 2.05) is 82.3 Å². The van der Waals surface area contributed by atoms with Crippen LogP contribution in [-0.4, -0.2) is 25.0 Å². The first kappa shape index (κ1) is 26.9. The summed E-state index contributed by atoms with van der Waals surface area (Å²) in [6.45, 7) is 8.26. The van der Waals surface area contributed by atoms with Crippen molar-refractivity contribution in [2.45, 2.75) is 34.2 Å². The Balaban J connectivity index is 1.61. The SMILES string of the molecule is CCOc1cc(CNc2ccc(NC(=O)C(C)C)cc2)c(Cl)cc1OCC(=O)Nc1ccc(C)cc1. The van der Waals surface area contributed by atoms with Crippen molar-refractivity contribution in [1.82, 2.24) is 0 Å². The number of benzene rings is 3. The van der Waals surface area contributed by atoms with E-state index in [1.54, 1.807) is 6.07 Å². The normalized spacial score (nSPS) is 10.6. The molecule has 0 radical (unpaired) electrons. The lowest BCUT2D eigenvalue weighted by atomic mass is 10.1. The van der Waals surface area contributed by atoms with Gasteiger partial charge in [0.25, 0.3) is 5.91 Å². The van der Waals surface area contributed by atoms with Gasteiger partial charge in [0.2, 0.25) is 5.91 Å². The molecule has 0 aliphatic carbocycles. The van der Waals surface area contributed by atoms with Crippen LogP contribution in [0.15, 0.2) is 60.7 Å². The summed E-state index contributed by atoms with van der Waals surface area (Å²) in [5.74, 6) is 0.513. The molecule has 190 valence electrons. The Bertz CT molecular complexity index is 1180. The van der Waals surface area contributed by atoms with Gasteiger partial charge in [-0.25, -0.2) is 0 Å². The smallest absolute Gasteiger partial charge is 0.262 e. The highest BCUT2D eigenvalue weighted by Gasteiger charge is 2.14. The lowest BCUT2D eigenvalue weighted by Crippen LogP contribution is -2.20. The zero-order valence-corrected chi connectivity index (χ0v) is 21.7. The third-order valence-electron chi connectivity index (χ3n) is 5.27. The van der Waals surface area contributed by atoms with Crippen molar-refractivity contribution in [3.63, 3.8) is 0 Å². The van der Waals surface area contributed by atoms with Crippen LogP contribution in [0.1, 0.15) is 31.9 Å². The van der Waals surface area contributed by atoms with Gasteiger partial charge in [-0.3, -0.25) is 9.59 Å². The molecule has 8 heteroatoms. The molecule has 3 aromatic carbocycles. The Hall–Kier alpha value is -3.71. The molecule has 3 N–H and O–H groups in total. The van der Waals surface area contributed by atoms with E-state index in [9.17, 15) is 9.59 Å². The molecule has 0 heterocycles. The average Bonchev–Trinajstić information content (AvgIpc) is 2.85. The van der Waals surface area contributed by atoms with Crippen molar-refractivity contribution in [3.05, 3.63) is 76.8 Å². The number of hydrogen-bond acceptors (Lipinski definition) is 5. The summed E-state index contributed by atoms with van der Waals surface area (Å²) < 4.78 is 11.5. The number of nitrogens with one attached hydrogen (secondary N) is 3. The molecular formula is C28H32ClN3O4. The predicted octanol–water partition coefficient (Wildman–Crippen LogP) is 6.27. The molecule has 0 atom stereocenters. The molecule has 0 spiro atoms. The van der Waals surface area contributed by atoms with E-state index in [0.29, 0.717) is 35.4 Å². The van der Waals surface area contributed by atoms with Crippen LogP contribution in [0.4, 0.5) is 17.1 Å². The van der Waals surface area contributed by atoms with Crippen molar-refractivity contribution < 1.29 is 19.1 Å². The highest BCUT2D eigenvalue weighted by atomic mass is 35.5. The quantitative estimate of drug-likeness (QED) is 0.283. The summed E-state index contributed by atoms with van der Waals surface area (Å²) in [4.78, 5) is 24.2. The highest BCUT2D eigenvalue weighted by molar-refractivity contribution is 6.31. The number of aryl methyl sites for hydroxylation is 1. The zero-order chi connectivity index (χ0) is 26.1. The Morgan fingerprint density at radius 1 is 0.861 bits per heavy atom. The number of halogens is 1. The summed E-state index contributed by atoms with van der Waals surface area (Å²) >= 11 is 6.52. The molecule has 3 aromatic rings. The van der Waals surface area contributed by atoms with E-state index in [-0.39, 0.29) is 24.3 Å². The van der Waals surface area contributed by atoms with Gasteiger partial charge in [0.15, 0.2) is 18.1 Å². The minimum absolute atomic E-state index is 0.0270. The molecule has 0 aromatic heterocycles. The Morgan fingerprint density at radius 2 is 1.44 bits per heavy atom. The van der Waals surface area contributed by atoms with Gasteiger partial charge in [0.05, 0.1) is 6.61 Å². The van der Waals surface area contributed by atoms with Gasteiger partial charge >= 0.3 is 0 Å². The Kier molecular flexibility index (Phi) is 9.59. The third-order valence-corrected chi connectivity index (χ3v) is 5.62. The van der Waals surface area contributed by atoms with Crippen LogP contribution in [0, 0.1) is 12.8 Å². The van der Waals surface area contributed by atoms with Crippen LogP contribution in [0.25, 0.3) is 0 Å². The maximum Gasteiger partial charge on any atom is 0.262 e. The van der Waals surface area contributed by atoms with Gasteiger partial charge < -0.3 is 25.4 Å². The molecule has 3 rings (SSSR count). The van der Waals surface area contributed by atoms with Gasteiger partial charge in [-0.1, -0.05) is 43.1 Å². The number of carbonyl (C=O) groups is 2. The molecule has 0 saturated heterocycles. The molecule has 0 unspecified atom stereocenters. The Morgan fingerprint density at radius 3 is 2.08 bits per heavy atom. The molecule has 0 fully saturated rings. The van der Waals surface area contributed by atoms with Crippen molar-refractivity contribution in [1.29, 1.82) is 0 Å². The van der Waals surface area contributed by atoms with Crippen LogP contribution >= 0.6 is 11.6 Å². The number of rotatable bonds is 11. The molecule has 0 bridgehead atoms. The molecular weight excluding hydrogens is 478 g/mol. The fourth-order valence-corrected chi connectivity index (χ4v) is 3.45. The summed E-state index contributed by atoms with van der Waals surface area (Å²) in [6.07, 6.45) is 0. The standard InChI is InChI=1S/C28H32ClN3O4/c1-5-35-25-14-20(16-30-21-10-12-23(13-11-21)32-28(34)18(2)3)24(29)15-26(25)36-17-27(33)31-22-8-6-19(4)7-9-22/h6-15,18,30H,5,16-17H2,1-4H3,(H,31,33)(H,32,34). The topological polar surface area (TPSA) is 88.7 Å². The average molecular weight is 510 g/mol. The van der Waals surface area contributed by atoms with E-state index < -0.39 is 0 Å². The second kappa shape index (κ2) is 12.8. The molecule has 0 aliphatic rings. The van der Waals surface area contributed by atoms with E-state index >= 15 is 0 Å². The van der Waals surface area contributed by atoms with E-state index in [0.717, 1.165) is 22.5 Å². The van der Waals surface area contributed by atoms with Gasteiger partial charge in [0, 0.05) is 40.6 Å². The lowest BCUT2D eigenvalue weighted by molar-refractivity contribution is -0.119. The van der Waals surface area contributed by atoms with Crippen LogP contribution < -0.4 is 25.4 Å². The third kappa shape index (κ3) is 7.92. The number of hydrogen-bond donors (Lipinski definition) is 3. The summed E-state index contributed by atoms with van der Waals surface area (Å²) in [5.41, 5.74) is 4.24. The van der Waals surface area contributed by atoms with Crippen molar-refractivity contribution in [2.24, 2.45) is 5.92 Å². The number of carbonyl (C=O) groups excluding carboxylic acids is 2. The van der Waals surface area contributed by atoms with Crippen LogP contribution in [0.3, 0.4) is 0 Å². The summed E-state index contributed by atoms with van der Waals surface area (Å²) in [6, 6.07) is 18.5. The number of ether oxygens (including phenoxy) is 2. The fraction of sp³-hybridized carbons (Fsp3) is 0.286. The van der Waals surface area contributed by atoms with Crippen LogP contribution in [0.2, 0.25) is 5.02 Å². The first-order valence-corrected chi connectivity index (χ1v) is 12.2. The molecule has 2 amide bonds. The summed E-state index contributed by atoms with van der Waals surface area (Å²) in [7, 11) is 0. The Labute approximate surface area is 217 Å². The fourth-order valence-electron chi connectivity index (χ4n) is 3.23. The second-order valence-electron chi connectivity index (χ2n) is 8.60. The minimum atomic E-state index is -0.281.